The average Bonchev–Trinajstić information content (AvgIpc) is 2.90. The minimum absolute atomic E-state index is 0.335. The van der Waals surface area contributed by atoms with Crippen molar-refractivity contribution in [1.29, 1.82) is 0 Å². The lowest BCUT2D eigenvalue weighted by molar-refractivity contribution is 0.321. The number of hydrogen-bond acceptors (Lipinski definition) is 5. The van der Waals surface area contributed by atoms with Crippen LogP contribution >= 0.6 is 11.3 Å². The Balaban J connectivity index is 1.75. The van der Waals surface area contributed by atoms with Crippen LogP contribution in [0, 0.1) is 5.92 Å². The van der Waals surface area contributed by atoms with Crippen LogP contribution in [0.1, 0.15) is 37.5 Å². The standard InChI is InChI=1S/C15H22N4S/c1-2-11-7-12-14(18-9-19-15(12)20-11)17-8-10-5-3-4-6-13(10)16/h7,9-10,13H,2-6,8,16H2,1H3,(H,17,18,19). The Morgan fingerprint density at radius 3 is 3.00 bits per heavy atom. The van der Waals surface area contributed by atoms with Crippen molar-refractivity contribution >= 4 is 27.4 Å². The second-order valence-electron chi connectivity index (χ2n) is 5.60. The fourth-order valence-electron chi connectivity index (χ4n) is 2.94. The molecule has 3 N–H and O–H groups in total. The first-order valence-corrected chi connectivity index (χ1v) is 8.32. The molecule has 5 heteroatoms. The summed E-state index contributed by atoms with van der Waals surface area (Å²) in [4.78, 5) is 11.2. The molecule has 0 amide bonds. The van der Waals surface area contributed by atoms with Crippen LogP contribution in [0.3, 0.4) is 0 Å². The third kappa shape index (κ3) is 2.79. The van der Waals surface area contributed by atoms with Crippen LogP contribution in [0.25, 0.3) is 10.2 Å². The lowest BCUT2D eigenvalue weighted by Crippen LogP contribution is -2.37. The van der Waals surface area contributed by atoms with Crippen LogP contribution in [-0.2, 0) is 6.42 Å². The molecular weight excluding hydrogens is 268 g/mol. The number of nitrogens with one attached hydrogen (secondary N) is 1. The fraction of sp³-hybridized carbons (Fsp3) is 0.600. The van der Waals surface area contributed by atoms with Gasteiger partial charge in [0.1, 0.15) is 17.0 Å². The Hall–Kier alpha value is -1.20. The van der Waals surface area contributed by atoms with Gasteiger partial charge in [-0.25, -0.2) is 9.97 Å². The number of fused-ring (bicyclic) bond motifs is 1. The molecule has 2 aromatic heterocycles. The predicted octanol–water partition coefficient (Wildman–Crippen LogP) is 3.18. The monoisotopic (exact) mass is 290 g/mol. The van der Waals surface area contributed by atoms with Gasteiger partial charge in [-0.1, -0.05) is 19.8 Å². The number of hydrogen-bond donors (Lipinski definition) is 2. The Morgan fingerprint density at radius 2 is 2.20 bits per heavy atom. The zero-order valence-corrected chi connectivity index (χ0v) is 12.7. The molecule has 1 aliphatic rings. The summed E-state index contributed by atoms with van der Waals surface area (Å²) in [5.74, 6) is 1.53. The Kier molecular flexibility index (Phi) is 4.17. The van der Waals surface area contributed by atoms with Crippen molar-refractivity contribution < 1.29 is 0 Å². The van der Waals surface area contributed by atoms with E-state index < -0.39 is 0 Å². The molecule has 0 radical (unpaired) electrons. The highest BCUT2D eigenvalue weighted by Crippen LogP contribution is 2.29. The molecule has 108 valence electrons. The van der Waals surface area contributed by atoms with Crippen molar-refractivity contribution in [3.63, 3.8) is 0 Å². The van der Waals surface area contributed by atoms with E-state index >= 15 is 0 Å². The summed E-state index contributed by atoms with van der Waals surface area (Å²) in [5, 5.41) is 4.65. The lowest BCUT2D eigenvalue weighted by Gasteiger charge is -2.28. The number of nitrogens with zero attached hydrogens (tertiary/aromatic N) is 2. The van der Waals surface area contributed by atoms with Gasteiger partial charge in [0, 0.05) is 17.5 Å². The van der Waals surface area contributed by atoms with Crippen LogP contribution in [0.4, 0.5) is 5.82 Å². The largest absolute Gasteiger partial charge is 0.369 e. The van der Waals surface area contributed by atoms with Gasteiger partial charge in [-0.05, 0) is 31.2 Å². The molecule has 2 unspecified atom stereocenters. The van der Waals surface area contributed by atoms with E-state index in [1.807, 2.05) is 0 Å². The van der Waals surface area contributed by atoms with Gasteiger partial charge < -0.3 is 11.1 Å². The minimum atomic E-state index is 0.335. The topological polar surface area (TPSA) is 63.8 Å². The van der Waals surface area contributed by atoms with Gasteiger partial charge in [0.2, 0.25) is 0 Å². The summed E-state index contributed by atoms with van der Waals surface area (Å²) in [6.45, 7) is 3.09. The first kappa shape index (κ1) is 13.8. The van der Waals surface area contributed by atoms with Gasteiger partial charge in [-0.3, -0.25) is 0 Å². The van der Waals surface area contributed by atoms with E-state index in [0.717, 1.165) is 35.4 Å². The lowest BCUT2D eigenvalue weighted by atomic mass is 9.85. The zero-order valence-electron chi connectivity index (χ0n) is 11.9. The molecule has 0 spiro atoms. The molecule has 0 aromatic carbocycles. The highest BCUT2D eigenvalue weighted by molar-refractivity contribution is 7.18. The number of nitrogens with two attached hydrogens (primary N) is 1. The van der Waals surface area contributed by atoms with Crippen LogP contribution in [0.2, 0.25) is 0 Å². The van der Waals surface area contributed by atoms with Gasteiger partial charge >= 0.3 is 0 Å². The predicted molar refractivity (Wildman–Crippen MR) is 85.2 cm³/mol. The summed E-state index contributed by atoms with van der Waals surface area (Å²) in [7, 11) is 0. The molecular formula is C15H22N4S. The molecule has 3 rings (SSSR count). The third-order valence-corrected chi connectivity index (χ3v) is 5.42. The SMILES string of the molecule is CCc1cc2c(NCC3CCCCC3N)ncnc2s1. The van der Waals surface area contributed by atoms with Crippen LogP contribution in [0.15, 0.2) is 12.4 Å². The molecule has 20 heavy (non-hydrogen) atoms. The summed E-state index contributed by atoms with van der Waals surface area (Å²) >= 11 is 1.76. The summed E-state index contributed by atoms with van der Waals surface area (Å²) in [6.07, 6.45) is 7.67. The van der Waals surface area contributed by atoms with Crippen molar-refractivity contribution in [2.45, 2.75) is 45.1 Å². The average molecular weight is 290 g/mol. The summed E-state index contributed by atoms with van der Waals surface area (Å²) in [5.41, 5.74) is 6.21. The smallest absolute Gasteiger partial charge is 0.138 e. The van der Waals surface area contributed by atoms with Gasteiger partial charge in [-0.2, -0.15) is 0 Å². The van der Waals surface area contributed by atoms with Gasteiger partial charge in [0.15, 0.2) is 0 Å². The molecule has 2 atom stereocenters. The molecule has 0 saturated heterocycles. The minimum Gasteiger partial charge on any atom is -0.369 e. The van der Waals surface area contributed by atoms with Gasteiger partial charge in [0.25, 0.3) is 0 Å². The Bertz CT molecular complexity index is 580. The second-order valence-corrected chi connectivity index (χ2v) is 6.71. The zero-order chi connectivity index (χ0) is 13.9. The number of anilines is 1. The van der Waals surface area contributed by atoms with Crippen molar-refractivity contribution in [2.24, 2.45) is 11.7 Å². The maximum atomic E-state index is 6.21. The molecule has 2 heterocycles. The van der Waals surface area contributed by atoms with Gasteiger partial charge in [0.05, 0.1) is 5.39 Å². The molecule has 0 bridgehead atoms. The third-order valence-electron chi connectivity index (χ3n) is 4.23. The van der Waals surface area contributed by atoms with Crippen molar-refractivity contribution in [3.05, 3.63) is 17.3 Å². The van der Waals surface area contributed by atoms with E-state index in [-0.39, 0.29) is 0 Å². The van der Waals surface area contributed by atoms with Crippen molar-refractivity contribution in [3.8, 4) is 0 Å². The first-order valence-electron chi connectivity index (χ1n) is 7.50. The Morgan fingerprint density at radius 1 is 1.35 bits per heavy atom. The van der Waals surface area contributed by atoms with E-state index in [2.05, 4.69) is 28.3 Å². The number of aryl methyl sites for hydroxylation is 1. The maximum absolute atomic E-state index is 6.21. The highest BCUT2D eigenvalue weighted by Gasteiger charge is 2.21. The second kappa shape index (κ2) is 6.06. The van der Waals surface area contributed by atoms with E-state index in [1.165, 1.54) is 24.1 Å². The quantitative estimate of drug-likeness (QED) is 0.907. The molecule has 4 nitrogen and oxygen atoms in total. The van der Waals surface area contributed by atoms with Crippen LogP contribution < -0.4 is 11.1 Å². The van der Waals surface area contributed by atoms with Gasteiger partial charge in [-0.15, -0.1) is 11.3 Å². The number of rotatable bonds is 4. The van der Waals surface area contributed by atoms with E-state index in [1.54, 1.807) is 17.7 Å². The van der Waals surface area contributed by atoms with Crippen LogP contribution in [0.5, 0.6) is 0 Å². The molecule has 1 fully saturated rings. The van der Waals surface area contributed by atoms with E-state index in [4.69, 9.17) is 5.73 Å². The normalized spacial score (nSPS) is 23.1. The molecule has 2 aromatic rings. The Labute approximate surface area is 123 Å². The number of aromatic nitrogens is 2. The molecule has 0 aliphatic heterocycles. The molecule has 1 saturated carbocycles. The maximum Gasteiger partial charge on any atom is 0.138 e. The van der Waals surface area contributed by atoms with Crippen molar-refractivity contribution in [1.82, 2.24) is 9.97 Å². The van der Waals surface area contributed by atoms with Crippen molar-refractivity contribution in [2.75, 3.05) is 11.9 Å². The summed E-state index contributed by atoms with van der Waals surface area (Å²) in [6, 6.07) is 2.55. The van der Waals surface area contributed by atoms with Crippen LogP contribution in [-0.4, -0.2) is 22.6 Å². The number of thiophene rings is 1. The highest BCUT2D eigenvalue weighted by atomic mass is 32.1. The molecule has 1 aliphatic carbocycles. The van der Waals surface area contributed by atoms with E-state index in [0.29, 0.717) is 12.0 Å². The fourth-order valence-corrected chi connectivity index (χ4v) is 3.87. The first-order chi connectivity index (χ1) is 9.78. The summed E-state index contributed by atoms with van der Waals surface area (Å²) < 4.78 is 0. The van der Waals surface area contributed by atoms with E-state index in [9.17, 15) is 0 Å².